The minimum atomic E-state index is -4.32. The second-order valence-corrected chi connectivity index (χ2v) is 4.37. The smallest absolute Gasteiger partial charge is 0.380 e. The van der Waals surface area contributed by atoms with Gasteiger partial charge >= 0.3 is 6.18 Å². The van der Waals surface area contributed by atoms with E-state index in [9.17, 15) is 18.0 Å². The van der Waals surface area contributed by atoms with Crippen molar-refractivity contribution >= 4 is 5.91 Å². The molecule has 4 nitrogen and oxygen atoms in total. The van der Waals surface area contributed by atoms with E-state index in [1.807, 2.05) is 0 Å². The van der Waals surface area contributed by atoms with Crippen molar-refractivity contribution in [2.24, 2.45) is 0 Å². The summed E-state index contributed by atoms with van der Waals surface area (Å²) in [6.45, 7) is 0.594. The predicted octanol–water partition coefficient (Wildman–Crippen LogP) is 0.528. The molecule has 17 heavy (non-hydrogen) atoms. The van der Waals surface area contributed by atoms with Gasteiger partial charge in [-0.2, -0.15) is 13.2 Å². The quantitative estimate of drug-likeness (QED) is 0.740. The molecule has 0 saturated carbocycles. The number of rotatable bonds is 1. The Morgan fingerprint density at radius 1 is 1.41 bits per heavy atom. The monoisotopic (exact) mass is 252 g/mol. The lowest BCUT2D eigenvalue weighted by Gasteiger charge is -2.34. The summed E-state index contributed by atoms with van der Waals surface area (Å²) in [4.78, 5) is 12.5. The molecule has 2 aliphatic rings. The molecular weight excluding hydrogens is 237 g/mol. The van der Waals surface area contributed by atoms with E-state index in [4.69, 9.17) is 4.74 Å². The molecule has 7 heteroatoms. The molecule has 2 aliphatic heterocycles. The molecule has 2 rings (SSSR count). The number of nitrogens with one attached hydrogen (secondary N) is 1. The number of alkyl halides is 3. The van der Waals surface area contributed by atoms with Gasteiger partial charge in [0.25, 0.3) is 0 Å². The van der Waals surface area contributed by atoms with E-state index in [0.29, 0.717) is 19.6 Å². The molecule has 0 aromatic heterocycles. The van der Waals surface area contributed by atoms with Gasteiger partial charge in [-0.25, -0.2) is 0 Å². The van der Waals surface area contributed by atoms with Crippen LogP contribution in [-0.4, -0.2) is 55.4 Å². The molecule has 2 fully saturated rings. The van der Waals surface area contributed by atoms with Gasteiger partial charge in [0.2, 0.25) is 5.91 Å². The van der Waals surface area contributed by atoms with E-state index in [2.05, 4.69) is 5.32 Å². The molecule has 2 heterocycles. The van der Waals surface area contributed by atoms with E-state index >= 15 is 0 Å². The molecule has 2 unspecified atom stereocenters. The van der Waals surface area contributed by atoms with Crippen LogP contribution in [0.5, 0.6) is 0 Å². The van der Waals surface area contributed by atoms with Gasteiger partial charge in [0.15, 0.2) is 0 Å². The average molecular weight is 252 g/mol. The molecule has 0 aromatic rings. The maximum absolute atomic E-state index is 12.9. The molecule has 0 aliphatic carbocycles. The van der Waals surface area contributed by atoms with Crippen LogP contribution in [0.1, 0.15) is 12.8 Å². The van der Waals surface area contributed by atoms with Crippen LogP contribution in [0, 0.1) is 0 Å². The van der Waals surface area contributed by atoms with Crippen LogP contribution in [0.4, 0.5) is 13.2 Å². The molecule has 0 bridgehead atoms. The van der Waals surface area contributed by atoms with Crippen molar-refractivity contribution in [3.8, 4) is 0 Å². The molecule has 2 saturated heterocycles. The van der Waals surface area contributed by atoms with Crippen LogP contribution in [0.15, 0.2) is 0 Å². The summed E-state index contributed by atoms with van der Waals surface area (Å²) in [6, 6.07) is -1.82. The van der Waals surface area contributed by atoms with E-state index in [1.54, 1.807) is 0 Å². The minimum absolute atomic E-state index is 0.114. The van der Waals surface area contributed by atoms with Gasteiger partial charge in [-0.05, 0) is 6.42 Å². The van der Waals surface area contributed by atoms with Crippen molar-refractivity contribution < 1.29 is 22.7 Å². The zero-order chi connectivity index (χ0) is 12.5. The second kappa shape index (κ2) is 4.81. The topological polar surface area (TPSA) is 41.6 Å². The molecule has 0 aromatic carbocycles. The largest absolute Gasteiger partial charge is 0.405 e. The molecule has 2 atom stereocenters. The number of hydrogen-bond donors (Lipinski definition) is 1. The van der Waals surface area contributed by atoms with Crippen molar-refractivity contribution in [1.29, 1.82) is 0 Å². The van der Waals surface area contributed by atoms with Gasteiger partial charge in [0.05, 0.1) is 6.61 Å². The summed E-state index contributed by atoms with van der Waals surface area (Å²) in [5.41, 5.74) is 0. The Kier molecular flexibility index (Phi) is 3.58. The van der Waals surface area contributed by atoms with Crippen LogP contribution in [0.25, 0.3) is 0 Å². The number of hydrogen-bond acceptors (Lipinski definition) is 3. The van der Waals surface area contributed by atoms with Gasteiger partial charge in [-0.15, -0.1) is 0 Å². The van der Waals surface area contributed by atoms with E-state index < -0.39 is 12.2 Å². The molecule has 1 amide bonds. The first-order chi connectivity index (χ1) is 7.98. The second-order valence-electron chi connectivity index (χ2n) is 4.37. The van der Waals surface area contributed by atoms with E-state index in [1.165, 1.54) is 4.90 Å². The summed E-state index contributed by atoms with van der Waals surface area (Å²) >= 11 is 0. The summed E-state index contributed by atoms with van der Waals surface area (Å²) in [5.74, 6) is -0.319. The minimum Gasteiger partial charge on any atom is -0.380 e. The number of halogens is 3. The highest BCUT2D eigenvalue weighted by Gasteiger charge is 2.47. The van der Waals surface area contributed by atoms with Gasteiger partial charge in [-0.1, -0.05) is 0 Å². The third-order valence-corrected chi connectivity index (χ3v) is 3.24. The maximum atomic E-state index is 12.9. The predicted molar refractivity (Wildman–Crippen MR) is 53.4 cm³/mol. The summed E-state index contributed by atoms with van der Waals surface area (Å²) in [7, 11) is 0. The Labute approximate surface area is 97.1 Å². The Balaban J connectivity index is 2.14. The van der Waals surface area contributed by atoms with E-state index in [0.717, 1.165) is 0 Å². The zero-order valence-electron chi connectivity index (χ0n) is 9.29. The number of amides is 1. The van der Waals surface area contributed by atoms with Crippen LogP contribution >= 0.6 is 0 Å². The lowest BCUT2D eigenvalue weighted by molar-refractivity contribution is -0.186. The normalized spacial score (nSPS) is 32.3. The standard InChI is InChI=1S/C10H15F3N2O2/c11-10(12,13)8-5-14-9(16)1-3-15(8)7-2-4-17-6-7/h7-8H,1-6H2,(H,14,16). The Bertz CT molecular complexity index is 290. The molecule has 0 spiro atoms. The van der Waals surface area contributed by atoms with Crippen LogP contribution in [0.2, 0.25) is 0 Å². The SMILES string of the molecule is O=C1CCN(C2CCOC2)C(C(F)(F)F)CN1. The Morgan fingerprint density at radius 3 is 2.76 bits per heavy atom. The molecular formula is C10H15F3N2O2. The highest BCUT2D eigenvalue weighted by Crippen LogP contribution is 2.29. The average Bonchev–Trinajstić information content (AvgIpc) is 2.67. The number of carbonyl (C=O) groups is 1. The Hall–Kier alpha value is -0.820. The molecule has 1 N–H and O–H groups in total. The summed E-state index contributed by atoms with van der Waals surface area (Å²) in [5, 5.41) is 2.31. The molecule has 98 valence electrons. The number of carbonyl (C=O) groups excluding carboxylic acids is 1. The zero-order valence-corrected chi connectivity index (χ0v) is 9.29. The highest BCUT2D eigenvalue weighted by atomic mass is 19.4. The van der Waals surface area contributed by atoms with Gasteiger partial charge in [-0.3, -0.25) is 9.69 Å². The van der Waals surface area contributed by atoms with E-state index in [-0.39, 0.29) is 31.5 Å². The summed E-state index contributed by atoms with van der Waals surface area (Å²) < 4.78 is 43.9. The third kappa shape index (κ3) is 2.90. The fourth-order valence-corrected chi connectivity index (χ4v) is 2.33. The van der Waals surface area contributed by atoms with Gasteiger partial charge in [0.1, 0.15) is 6.04 Å². The van der Waals surface area contributed by atoms with Gasteiger partial charge in [0, 0.05) is 32.2 Å². The lowest BCUT2D eigenvalue weighted by Crippen LogP contribution is -2.54. The van der Waals surface area contributed by atoms with Crippen molar-refractivity contribution in [3.63, 3.8) is 0 Å². The van der Waals surface area contributed by atoms with Crippen LogP contribution in [-0.2, 0) is 9.53 Å². The van der Waals surface area contributed by atoms with Gasteiger partial charge < -0.3 is 10.1 Å². The summed E-state index contributed by atoms with van der Waals surface area (Å²) in [6.07, 6.45) is -3.61. The first-order valence-electron chi connectivity index (χ1n) is 5.65. The highest BCUT2D eigenvalue weighted by molar-refractivity contribution is 5.76. The van der Waals surface area contributed by atoms with Crippen molar-refractivity contribution in [3.05, 3.63) is 0 Å². The third-order valence-electron chi connectivity index (χ3n) is 3.24. The maximum Gasteiger partial charge on any atom is 0.405 e. The first-order valence-corrected chi connectivity index (χ1v) is 5.65. The van der Waals surface area contributed by atoms with Crippen molar-refractivity contribution in [2.75, 3.05) is 26.3 Å². The number of nitrogens with zero attached hydrogens (tertiary/aromatic N) is 1. The fourth-order valence-electron chi connectivity index (χ4n) is 2.33. The Morgan fingerprint density at radius 2 is 2.18 bits per heavy atom. The van der Waals surface area contributed by atoms with Crippen molar-refractivity contribution in [2.45, 2.75) is 31.1 Å². The fraction of sp³-hybridized carbons (Fsp3) is 0.900. The van der Waals surface area contributed by atoms with Crippen LogP contribution < -0.4 is 5.32 Å². The lowest BCUT2D eigenvalue weighted by atomic mass is 10.1. The van der Waals surface area contributed by atoms with Crippen LogP contribution in [0.3, 0.4) is 0 Å². The molecule has 0 radical (unpaired) electrons. The van der Waals surface area contributed by atoms with Crippen molar-refractivity contribution in [1.82, 2.24) is 10.2 Å². The number of ether oxygens (including phenoxy) is 1. The first kappa shape index (κ1) is 12.6.